The lowest BCUT2D eigenvalue weighted by atomic mass is 10.2. The molecule has 1 aliphatic heterocycles. The molecule has 0 bridgehead atoms. The Bertz CT molecular complexity index is 1090. The van der Waals surface area contributed by atoms with Crippen molar-refractivity contribution in [1.82, 2.24) is 19.6 Å². The van der Waals surface area contributed by atoms with Gasteiger partial charge in [0.25, 0.3) is 0 Å². The highest BCUT2D eigenvalue weighted by Gasteiger charge is 2.29. The van der Waals surface area contributed by atoms with E-state index in [9.17, 15) is 0 Å². The van der Waals surface area contributed by atoms with E-state index in [1.165, 1.54) is 17.5 Å². The molecule has 0 radical (unpaired) electrons. The van der Waals surface area contributed by atoms with Crippen LogP contribution in [0.5, 0.6) is 0 Å². The van der Waals surface area contributed by atoms with E-state index in [2.05, 4.69) is 61.5 Å². The highest BCUT2D eigenvalue weighted by atomic mass is 35.5. The van der Waals surface area contributed by atoms with Gasteiger partial charge >= 0.3 is 0 Å². The largest absolute Gasteiger partial charge is 0.338 e. The summed E-state index contributed by atoms with van der Waals surface area (Å²) in [5.41, 5.74) is 3.11. The molecule has 10 heteroatoms. The summed E-state index contributed by atoms with van der Waals surface area (Å²) in [6, 6.07) is 16.4. The number of hydroxylamine groups is 3. The number of anilines is 4. The predicted molar refractivity (Wildman–Crippen MR) is 140 cm³/mol. The van der Waals surface area contributed by atoms with Gasteiger partial charge < -0.3 is 10.6 Å². The molecule has 180 valence electrons. The van der Waals surface area contributed by atoms with Crippen LogP contribution in [0.25, 0.3) is 0 Å². The number of halogens is 1. The molecule has 0 spiro atoms. The van der Waals surface area contributed by atoms with Crippen LogP contribution in [0.15, 0.2) is 59.6 Å². The topological polar surface area (TPSA) is 74.3 Å². The number of likely N-dealkylation sites (N-methyl/N-ethyl adjacent to an activating group) is 1. The lowest BCUT2D eigenvalue weighted by Gasteiger charge is -2.38. The van der Waals surface area contributed by atoms with Crippen molar-refractivity contribution in [2.24, 2.45) is 0 Å². The number of para-hydroxylation sites is 1. The third kappa shape index (κ3) is 6.38. The van der Waals surface area contributed by atoms with E-state index in [-0.39, 0.29) is 0 Å². The zero-order chi connectivity index (χ0) is 24.0. The Morgan fingerprint density at radius 3 is 2.53 bits per heavy atom. The second-order valence-electron chi connectivity index (χ2n) is 8.34. The Kier molecular flexibility index (Phi) is 8.25. The minimum atomic E-state index is 0.454. The molecule has 3 N–H and O–H groups in total. The minimum Gasteiger partial charge on any atom is -0.338 e. The van der Waals surface area contributed by atoms with Gasteiger partial charge in [0.15, 0.2) is 5.82 Å². The average molecular weight is 501 g/mol. The summed E-state index contributed by atoms with van der Waals surface area (Å²) in [7, 11) is 5.81. The Labute approximate surface area is 210 Å². The molecule has 4 rings (SSSR count). The van der Waals surface area contributed by atoms with Crippen molar-refractivity contribution in [3.05, 3.63) is 65.3 Å². The number of nitrogens with one attached hydrogen (secondary N) is 3. The van der Waals surface area contributed by atoms with E-state index in [4.69, 9.17) is 16.4 Å². The molecule has 0 saturated carbocycles. The van der Waals surface area contributed by atoms with Crippen LogP contribution >= 0.6 is 23.5 Å². The van der Waals surface area contributed by atoms with Crippen LogP contribution in [0.1, 0.15) is 5.56 Å². The van der Waals surface area contributed by atoms with Gasteiger partial charge in [0.05, 0.1) is 39.1 Å². The van der Waals surface area contributed by atoms with Crippen LogP contribution in [-0.4, -0.2) is 66.9 Å². The zero-order valence-electron chi connectivity index (χ0n) is 19.7. The molecule has 34 heavy (non-hydrogen) atoms. The number of hydrogen-bond donors (Lipinski definition) is 3. The zero-order valence-corrected chi connectivity index (χ0v) is 21.3. The lowest BCUT2D eigenvalue weighted by Crippen LogP contribution is -2.56. The van der Waals surface area contributed by atoms with Gasteiger partial charge in [0.2, 0.25) is 5.95 Å². The fourth-order valence-corrected chi connectivity index (χ4v) is 4.50. The number of quaternary nitrogens is 1. The van der Waals surface area contributed by atoms with Gasteiger partial charge in [0, 0.05) is 17.1 Å². The van der Waals surface area contributed by atoms with Crippen molar-refractivity contribution in [2.45, 2.75) is 11.4 Å². The molecule has 3 aromatic rings. The maximum absolute atomic E-state index is 6.37. The summed E-state index contributed by atoms with van der Waals surface area (Å²) in [6.45, 7) is 4.97. The van der Waals surface area contributed by atoms with Crippen LogP contribution in [0.4, 0.5) is 23.1 Å². The van der Waals surface area contributed by atoms with E-state index in [1.54, 1.807) is 13.3 Å². The van der Waals surface area contributed by atoms with Crippen molar-refractivity contribution in [3.8, 4) is 0 Å². The smallest absolute Gasteiger partial charge is 0.229 e. The van der Waals surface area contributed by atoms with Crippen LogP contribution < -0.4 is 15.4 Å². The first kappa shape index (κ1) is 24.7. The van der Waals surface area contributed by atoms with Gasteiger partial charge in [0.1, 0.15) is 18.1 Å². The minimum absolute atomic E-state index is 0.454. The van der Waals surface area contributed by atoms with E-state index < -0.39 is 0 Å². The molecular formula is C24H31ClN7OS+. The normalized spacial score (nSPS) is 15.8. The molecule has 0 unspecified atom stereocenters. The van der Waals surface area contributed by atoms with Gasteiger partial charge in [-0.3, -0.25) is 9.62 Å². The highest BCUT2D eigenvalue weighted by Crippen LogP contribution is 2.30. The molecule has 1 saturated heterocycles. The van der Waals surface area contributed by atoms with E-state index in [0.717, 1.165) is 49.0 Å². The first-order chi connectivity index (χ1) is 16.5. The maximum atomic E-state index is 6.37. The standard InChI is InChI=1S/C24H31ClN7OS/c1-26-34-22-7-5-4-6-21(22)29-23-20(25)16-27-24(30-23)28-19-10-8-18(9-11-19)17-31-12-14-32(2,33-3)15-13-31/h4-11,16,26H,12-15,17H2,1-3H3,(H2,27,28,29,30)/q+1. The molecule has 2 heterocycles. The summed E-state index contributed by atoms with van der Waals surface area (Å²) in [5, 5.41) is 7.05. The number of aromatic nitrogens is 2. The molecular weight excluding hydrogens is 470 g/mol. The van der Waals surface area contributed by atoms with E-state index >= 15 is 0 Å². The third-order valence-corrected chi connectivity index (χ3v) is 6.99. The Morgan fingerprint density at radius 1 is 1.09 bits per heavy atom. The Morgan fingerprint density at radius 2 is 1.82 bits per heavy atom. The van der Waals surface area contributed by atoms with Crippen molar-refractivity contribution in [3.63, 3.8) is 0 Å². The molecule has 0 atom stereocenters. The molecule has 8 nitrogen and oxygen atoms in total. The molecule has 0 amide bonds. The lowest BCUT2D eigenvalue weighted by molar-refractivity contribution is -1.09. The second-order valence-corrected chi connectivity index (χ2v) is 9.80. The summed E-state index contributed by atoms with van der Waals surface area (Å²) >= 11 is 7.89. The highest BCUT2D eigenvalue weighted by molar-refractivity contribution is 7.97. The van der Waals surface area contributed by atoms with Gasteiger partial charge in [-0.15, -0.1) is 0 Å². The van der Waals surface area contributed by atoms with Crippen LogP contribution in [0.3, 0.4) is 0 Å². The van der Waals surface area contributed by atoms with E-state index in [0.29, 0.717) is 21.4 Å². The monoisotopic (exact) mass is 500 g/mol. The van der Waals surface area contributed by atoms with Crippen LogP contribution in [-0.2, 0) is 11.4 Å². The molecule has 2 aromatic carbocycles. The number of benzene rings is 2. The van der Waals surface area contributed by atoms with Crippen molar-refractivity contribution in [1.29, 1.82) is 0 Å². The molecule has 1 aliphatic rings. The van der Waals surface area contributed by atoms with Gasteiger partial charge in [-0.05, 0) is 48.8 Å². The third-order valence-electron chi connectivity index (χ3n) is 5.93. The van der Waals surface area contributed by atoms with Crippen molar-refractivity contribution in [2.75, 3.05) is 58.0 Å². The number of piperazine rings is 1. The first-order valence-corrected chi connectivity index (χ1v) is 12.4. The van der Waals surface area contributed by atoms with Gasteiger partial charge in [-0.25, -0.2) is 9.82 Å². The fraction of sp³-hybridized carbons (Fsp3) is 0.333. The maximum Gasteiger partial charge on any atom is 0.229 e. The molecule has 0 aliphatic carbocycles. The SMILES string of the molecule is CNSc1ccccc1Nc1nc(Nc2ccc(CN3CC[N+](C)(OC)CC3)cc2)ncc1Cl. The first-order valence-electron chi connectivity index (χ1n) is 11.2. The van der Waals surface area contributed by atoms with Crippen molar-refractivity contribution < 1.29 is 9.48 Å². The summed E-state index contributed by atoms with van der Waals surface area (Å²) in [6.07, 6.45) is 1.60. The van der Waals surface area contributed by atoms with E-state index in [1.807, 2.05) is 31.3 Å². The summed E-state index contributed by atoms with van der Waals surface area (Å²) < 4.78 is 3.77. The number of nitrogens with zero attached hydrogens (tertiary/aromatic N) is 4. The fourth-order valence-electron chi connectivity index (χ4n) is 3.76. The summed E-state index contributed by atoms with van der Waals surface area (Å²) in [5.74, 6) is 1.03. The predicted octanol–water partition coefficient (Wildman–Crippen LogP) is 4.67. The van der Waals surface area contributed by atoms with Gasteiger partial charge in [-0.1, -0.05) is 35.9 Å². The van der Waals surface area contributed by atoms with Gasteiger partial charge in [-0.2, -0.15) is 9.63 Å². The quantitative estimate of drug-likeness (QED) is 0.289. The van der Waals surface area contributed by atoms with Crippen LogP contribution in [0, 0.1) is 0 Å². The Balaban J connectivity index is 1.39. The van der Waals surface area contributed by atoms with Crippen LogP contribution in [0.2, 0.25) is 5.02 Å². The second kappa shape index (κ2) is 11.4. The summed E-state index contributed by atoms with van der Waals surface area (Å²) in [4.78, 5) is 18.0. The number of hydrogen-bond acceptors (Lipinski definition) is 8. The molecule has 1 fully saturated rings. The molecule has 1 aromatic heterocycles. The Hall–Kier alpha value is -2.40. The van der Waals surface area contributed by atoms with Crippen molar-refractivity contribution >= 4 is 46.7 Å². The average Bonchev–Trinajstić information content (AvgIpc) is 2.85. The number of rotatable bonds is 9.